The lowest BCUT2D eigenvalue weighted by Gasteiger charge is -2.26. The molecule has 0 aromatic heterocycles. The van der Waals surface area contributed by atoms with Gasteiger partial charge in [-0.1, -0.05) is 12.1 Å². The lowest BCUT2D eigenvalue weighted by atomic mass is 10.2. The molecule has 8 heteroatoms. The molecule has 0 spiro atoms. The van der Waals surface area contributed by atoms with E-state index in [2.05, 4.69) is 10.6 Å². The van der Waals surface area contributed by atoms with E-state index in [1.54, 1.807) is 6.07 Å². The molecule has 2 heterocycles. The first kappa shape index (κ1) is 18.1. The molecule has 146 valence electrons. The fourth-order valence-corrected chi connectivity index (χ4v) is 3.25. The number of hydrogen-bond acceptors (Lipinski definition) is 4. The van der Waals surface area contributed by atoms with Gasteiger partial charge in [0, 0.05) is 18.7 Å². The third-order valence-electron chi connectivity index (χ3n) is 4.63. The maximum atomic E-state index is 14.1. The van der Waals surface area contributed by atoms with Crippen LogP contribution in [0.2, 0.25) is 0 Å². The summed E-state index contributed by atoms with van der Waals surface area (Å²) in [5.74, 6) is 0.709. The van der Waals surface area contributed by atoms with Gasteiger partial charge in [-0.05, 0) is 36.8 Å². The molecule has 2 aliphatic heterocycles. The SMILES string of the molecule is O=C(NC[C@@H]1COc2ccccc2O1)Nc1ccc(F)c(N2CCCC2=O)c1. The van der Waals surface area contributed by atoms with E-state index in [4.69, 9.17) is 9.47 Å². The first-order valence-corrected chi connectivity index (χ1v) is 9.13. The highest BCUT2D eigenvalue weighted by molar-refractivity contribution is 5.97. The van der Waals surface area contributed by atoms with Crippen LogP contribution in [0, 0.1) is 5.82 Å². The maximum absolute atomic E-state index is 14.1. The van der Waals surface area contributed by atoms with Gasteiger partial charge in [-0.15, -0.1) is 0 Å². The fourth-order valence-electron chi connectivity index (χ4n) is 3.25. The summed E-state index contributed by atoms with van der Waals surface area (Å²) in [4.78, 5) is 25.5. The van der Waals surface area contributed by atoms with Crippen LogP contribution in [0.5, 0.6) is 11.5 Å². The Labute approximate surface area is 161 Å². The van der Waals surface area contributed by atoms with Crippen LogP contribution in [0.4, 0.5) is 20.6 Å². The first-order chi connectivity index (χ1) is 13.6. The van der Waals surface area contributed by atoms with Gasteiger partial charge >= 0.3 is 6.03 Å². The van der Waals surface area contributed by atoms with E-state index >= 15 is 0 Å². The molecule has 1 saturated heterocycles. The number of urea groups is 1. The van der Waals surface area contributed by atoms with Crippen LogP contribution in [-0.4, -0.2) is 37.7 Å². The number of anilines is 2. The molecular formula is C20H20FN3O4. The van der Waals surface area contributed by atoms with Crippen molar-refractivity contribution in [3.05, 3.63) is 48.3 Å². The second kappa shape index (κ2) is 7.75. The molecule has 1 atom stereocenters. The topological polar surface area (TPSA) is 79.9 Å². The summed E-state index contributed by atoms with van der Waals surface area (Å²) in [6, 6.07) is 11.1. The van der Waals surface area contributed by atoms with E-state index in [0.29, 0.717) is 43.2 Å². The second-order valence-corrected chi connectivity index (χ2v) is 6.65. The van der Waals surface area contributed by atoms with E-state index in [1.807, 2.05) is 18.2 Å². The third kappa shape index (κ3) is 3.85. The molecule has 28 heavy (non-hydrogen) atoms. The molecule has 0 radical (unpaired) electrons. The largest absolute Gasteiger partial charge is 0.486 e. The van der Waals surface area contributed by atoms with Crippen molar-refractivity contribution in [3.8, 4) is 11.5 Å². The van der Waals surface area contributed by atoms with Gasteiger partial charge in [0.15, 0.2) is 17.6 Å². The maximum Gasteiger partial charge on any atom is 0.319 e. The summed E-state index contributed by atoms with van der Waals surface area (Å²) < 4.78 is 25.5. The monoisotopic (exact) mass is 385 g/mol. The molecule has 0 bridgehead atoms. The van der Waals surface area contributed by atoms with Crippen molar-refractivity contribution < 1.29 is 23.5 Å². The summed E-state index contributed by atoms with van der Waals surface area (Å²) in [6.07, 6.45) is 0.791. The van der Waals surface area contributed by atoms with Crippen molar-refractivity contribution in [2.24, 2.45) is 0 Å². The number of carbonyl (C=O) groups excluding carboxylic acids is 2. The molecule has 0 saturated carbocycles. The lowest BCUT2D eigenvalue weighted by molar-refractivity contribution is -0.117. The number of fused-ring (bicyclic) bond motifs is 1. The Morgan fingerprint density at radius 3 is 2.82 bits per heavy atom. The molecule has 0 aliphatic carbocycles. The summed E-state index contributed by atoms with van der Waals surface area (Å²) >= 11 is 0. The van der Waals surface area contributed by atoms with Crippen LogP contribution >= 0.6 is 0 Å². The zero-order chi connectivity index (χ0) is 19.5. The summed E-state index contributed by atoms with van der Waals surface area (Å²) in [5, 5.41) is 5.37. The number of nitrogens with zero attached hydrogens (tertiary/aromatic N) is 1. The fraction of sp³-hybridized carbons (Fsp3) is 0.300. The van der Waals surface area contributed by atoms with Gasteiger partial charge in [0.05, 0.1) is 12.2 Å². The second-order valence-electron chi connectivity index (χ2n) is 6.65. The average Bonchev–Trinajstić information content (AvgIpc) is 3.13. The third-order valence-corrected chi connectivity index (χ3v) is 4.63. The Kier molecular flexibility index (Phi) is 5.01. The summed E-state index contributed by atoms with van der Waals surface area (Å²) in [6.45, 7) is 1.06. The van der Waals surface area contributed by atoms with E-state index < -0.39 is 11.8 Å². The predicted molar refractivity (Wildman–Crippen MR) is 101 cm³/mol. The van der Waals surface area contributed by atoms with E-state index in [9.17, 15) is 14.0 Å². The average molecular weight is 385 g/mol. The number of amides is 3. The summed E-state index contributed by atoms with van der Waals surface area (Å²) in [7, 11) is 0. The van der Waals surface area contributed by atoms with Crippen molar-refractivity contribution in [2.75, 3.05) is 29.9 Å². The molecule has 4 rings (SSSR count). The molecule has 1 fully saturated rings. The molecular weight excluding hydrogens is 365 g/mol. The van der Waals surface area contributed by atoms with Crippen LogP contribution in [0.25, 0.3) is 0 Å². The lowest BCUT2D eigenvalue weighted by Crippen LogP contribution is -2.42. The molecule has 2 aromatic rings. The number of para-hydroxylation sites is 2. The highest BCUT2D eigenvalue weighted by atomic mass is 19.1. The number of nitrogens with one attached hydrogen (secondary N) is 2. The molecule has 3 amide bonds. The standard InChI is InChI=1S/C20H20FN3O4/c21-15-8-7-13(10-16(15)24-9-3-6-19(24)25)23-20(26)22-11-14-12-27-17-4-1-2-5-18(17)28-14/h1-2,4-5,7-8,10,14H,3,6,9,11-12H2,(H2,22,23,26)/t14-/m1/s1. The van der Waals surface area contributed by atoms with Crippen molar-refractivity contribution in [1.82, 2.24) is 5.32 Å². The Bertz CT molecular complexity index is 905. The Morgan fingerprint density at radius 2 is 2.04 bits per heavy atom. The molecule has 2 N–H and O–H groups in total. The minimum absolute atomic E-state index is 0.116. The van der Waals surface area contributed by atoms with Crippen LogP contribution in [0.15, 0.2) is 42.5 Å². The molecule has 0 unspecified atom stereocenters. The first-order valence-electron chi connectivity index (χ1n) is 9.13. The normalized spacial score (nSPS) is 18.1. The van der Waals surface area contributed by atoms with Crippen LogP contribution in [0.3, 0.4) is 0 Å². The highest BCUT2D eigenvalue weighted by Gasteiger charge is 2.25. The van der Waals surface area contributed by atoms with Gasteiger partial charge < -0.3 is 25.0 Å². The Hall–Kier alpha value is -3.29. The zero-order valence-electron chi connectivity index (χ0n) is 15.1. The smallest absolute Gasteiger partial charge is 0.319 e. The molecule has 7 nitrogen and oxygen atoms in total. The van der Waals surface area contributed by atoms with Gasteiger partial charge in [0.25, 0.3) is 0 Å². The number of hydrogen-bond donors (Lipinski definition) is 2. The zero-order valence-corrected chi connectivity index (χ0v) is 15.1. The van der Waals surface area contributed by atoms with Gasteiger partial charge in [-0.25, -0.2) is 9.18 Å². The van der Waals surface area contributed by atoms with Crippen molar-refractivity contribution in [1.29, 1.82) is 0 Å². The number of halogens is 1. The van der Waals surface area contributed by atoms with Crippen molar-refractivity contribution in [2.45, 2.75) is 18.9 Å². The molecule has 2 aliphatic rings. The number of carbonyl (C=O) groups is 2. The number of ether oxygens (including phenoxy) is 2. The van der Waals surface area contributed by atoms with Crippen LogP contribution in [-0.2, 0) is 4.79 Å². The van der Waals surface area contributed by atoms with E-state index in [-0.39, 0.29) is 24.2 Å². The van der Waals surface area contributed by atoms with Crippen LogP contribution in [0.1, 0.15) is 12.8 Å². The quantitative estimate of drug-likeness (QED) is 0.848. The van der Waals surface area contributed by atoms with Crippen molar-refractivity contribution >= 4 is 23.3 Å². The van der Waals surface area contributed by atoms with Crippen LogP contribution < -0.4 is 25.0 Å². The Balaban J connectivity index is 1.34. The van der Waals surface area contributed by atoms with Gasteiger partial charge in [0.1, 0.15) is 12.4 Å². The van der Waals surface area contributed by atoms with Gasteiger partial charge in [0.2, 0.25) is 5.91 Å². The Morgan fingerprint density at radius 1 is 1.21 bits per heavy atom. The van der Waals surface area contributed by atoms with Gasteiger partial charge in [-0.3, -0.25) is 4.79 Å². The minimum Gasteiger partial charge on any atom is -0.486 e. The predicted octanol–water partition coefficient (Wildman–Crippen LogP) is 2.91. The number of benzene rings is 2. The van der Waals surface area contributed by atoms with Gasteiger partial charge in [-0.2, -0.15) is 0 Å². The summed E-state index contributed by atoms with van der Waals surface area (Å²) in [5.41, 5.74) is 0.584. The van der Waals surface area contributed by atoms with E-state index in [0.717, 1.165) is 0 Å². The minimum atomic E-state index is -0.493. The number of rotatable bonds is 4. The highest BCUT2D eigenvalue weighted by Crippen LogP contribution is 2.31. The van der Waals surface area contributed by atoms with E-state index in [1.165, 1.54) is 23.1 Å². The molecule has 2 aromatic carbocycles. The van der Waals surface area contributed by atoms with Crippen molar-refractivity contribution in [3.63, 3.8) is 0 Å².